The number of allylic oxidation sites excluding steroid dienone is 1. The Morgan fingerprint density at radius 3 is 2.44 bits per heavy atom. The van der Waals surface area contributed by atoms with Gasteiger partial charge in [-0.2, -0.15) is 0 Å². The Morgan fingerprint density at radius 1 is 1.22 bits per heavy atom. The summed E-state index contributed by atoms with van der Waals surface area (Å²) in [6.45, 7) is 0. The third-order valence-electron chi connectivity index (χ3n) is 2.63. The molecule has 0 heterocycles. The Labute approximate surface area is 105 Å². The first-order chi connectivity index (χ1) is 8.65. The molecule has 1 saturated carbocycles. The molecule has 0 spiro atoms. The van der Waals surface area contributed by atoms with Crippen LogP contribution in [0, 0.1) is 5.92 Å². The molecule has 0 saturated heterocycles. The molecule has 0 atom stereocenters. The van der Waals surface area contributed by atoms with E-state index in [1.807, 2.05) is 6.08 Å². The Kier molecular flexibility index (Phi) is 3.62. The quantitative estimate of drug-likeness (QED) is 0.756. The van der Waals surface area contributed by atoms with Gasteiger partial charge in [-0.15, -0.1) is 0 Å². The highest BCUT2D eigenvalue weighted by Crippen LogP contribution is 2.29. The van der Waals surface area contributed by atoms with E-state index in [-0.39, 0.29) is 6.03 Å². The molecule has 0 aliphatic heterocycles. The fourth-order valence-electron chi connectivity index (χ4n) is 1.43. The molecule has 0 bridgehead atoms. The fourth-order valence-corrected chi connectivity index (χ4v) is 1.43. The van der Waals surface area contributed by atoms with Gasteiger partial charge in [-0.25, -0.2) is 4.79 Å². The van der Waals surface area contributed by atoms with Crippen molar-refractivity contribution in [2.24, 2.45) is 11.7 Å². The maximum Gasteiger partial charge on any atom is 0.323 e. The monoisotopic (exact) mass is 245 g/mol. The second-order valence-electron chi connectivity index (χ2n) is 4.24. The van der Waals surface area contributed by atoms with E-state index in [2.05, 4.69) is 10.6 Å². The van der Waals surface area contributed by atoms with E-state index in [1.165, 1.54) is 12.8 Å². The number of nitrogens with one attached hydrogen (secondary N) is 2. The van der Waals surface area contributed by atoms with Crippen LogP contribution < -0.4 is 16.4 Å². The van der Waals surface area contributed by atoms with Crippen LogP contribution in [0.3, 0.4) is 0 Å². The average Bonchev–Trinajstić information content (AvgIpc) is 3.13. The van der Waals surface area contributed by atoms with E-state index < -0.39 is 5.91 Å². The highest BCUT2D eigenvalue weighted by Gasteiger charge is 2.17. The molecular weight excluding hydrogens is 230 g/mol. The number of rotatable bonds is 4. The van der Waals surface area contributed by atoms with Crippen molar-refractivity contribution < 1.29 is 9.59 Å². The number of amides is 3. The predicted molar refractivity (Wildman–Crippen MR) is 69.0 cm³/mol. The topological polar surface area (TPSA) is 84.2 Å². The molecule has 1 aliphatic rings. The summed E-state index contributed by atoms with van der Waals surface area (Å²) in [6.07, 6.45) is 6.04. The van der Waals surface area contributed by atoms with E-state index in [1.54, 1.807) is 30.5 Å². The second-order valence-corrected chi connectivity index (χ2v) is 4.24. The van der Waals surface area contributed by atoms with Crippen LogP contribution in [-0.2, 0) is 0 Å². The zero-order chi connectivity index (χ0) is 13.0. The van der Waals surface area contributed by atoms with Crippen molar-refractivity contribution in [1.29, 1.82) is 0 Å². The van der Waals surface area contributed by atoms with Gasteiger partial charge < -0.3 is 16.4 Å². The van der Waals surface area contributed by atoms with E-state index in [0.717, 1.165) is 0 Å². The largest absolute Gasteiger partial charge is 0.366 e. The lowest BCUT2D eigenvalue weighted by Gasteiger charge is -2.04. The molecule has 1 aromatic carbocycles. The van der Waals surface area contributed by atoms with Crippen LogP contribution in [0.25, 0.3) is 0 Å². The molecule has 0 unspecified atom stereocenters. The fraction of sp³-hybridized carbons (Fsp3) is 0.231. The number of benzene rings is 1. The number of carbonyl (C=O) groups is 2. The summed E-state index contributed by atoms with van der Waals surface area (Å²) in [5.74, 6) is 0.138. The van der Waals surface area contributed by atoms with Gasteiger partial charge in [0.1, 0.15) is 0 Å². The van der Waals surface area contributed by atoms with Gasteiger partial charge in [-0.1, -0.05) is 6.08 Å². The van der Waals surface area contributed by atoms with Gasteiger partial charge in [-0.3, -0.25) is 4.79 Å². The van der Waals surface area contributed by atoms with Crippen molar-refractivity contribution in [3.63, 3.8) is 0 Å². The van der Waals surface area contributed by atoms with Crippen LogP contribution >= 0.6 is 0 Å². The summed E-state index contributed by atoms with van der Waals surface area (Å²) < 4.78 is 0. The Morgan fingerprint density at radius 2 is 1.89 bits per heavy atom. The Bertz CT molecular complexity index is 476. The third kappa shape index (κ3) is 3.62. The van der Waals surface area contributed by atoms with Crippen LogP contribution in [0.5, 0.6) is 0 Å². The van der Waals surface area contributed by atoms with Crippen LogP contribution in [0.2, 0.25) is 0 Å². The van der Waals surface area contributed by atoms with Crippen LogP contribution in [0.1, 0.15) is 23.2 Å². The Hall–Kier alpha value is -2.30. The lowest BCUT2D eigenvalue weighted by Crippen LogP contribution is -2.23. The third-order valence-corrected chi connectivity index (χ3v) is 2.63. The number of carbonyl (C=O) groups excluding carboxylic acids is 2. The van der Waals surface area contributed by atoms with E-state index in [4.69, 9.17) is 5.73 Å². The number of hydrogen-bond donors (Lipinski definition) is 3. The summed E-state index contributed by atoms with van der Waals surface area (Å²) in [7, 11) is 0. The number of hydrogen-bond acceptors (Lipinski definition) is 2. The molecule has 1 aliphatic carbocycles. The van der Waals surface area contributed by atoms with Gasteiger partial charge in [0.2, 0.25) is 5.91 Å². The van der Waals surface area contributed by atoms with Crippen LogP contribution in [-0.4, -0.2) is 11.9 Å². The Balaban J connectivity index is 1.84. The first kappa shape index (κ1) is 12.2. The first-order valence-electron chi connectivity index (χ1n) is 5.79. The molecule has 0 aromatic heterocycles. The van der Waals surface area contributed by atoms with Gasteiger partial charge in [0.15, 0.2) is 0 Å². The van der Waals surface area contributed by atoms with Crippen LogP contribution in [0.4, 0.5) is 10.5 Å². The summed E-state index contributed by atoms with van der Waals surface area (Å²) >= 11 is 0. The zero-order valence-electron chi connectivity index (χ0n) is 9.85. The zero-order valence-corrected chi connectivity index (χ0v) is 9.85. The maximum atomic E-state index is 11.5. The molecule has 1 aromatic rings. The van der Waals surface area contributed by atoms with Crippen molar-refractivity contribution in [2.45, 2.75) is 12.8 Å². The molecule has 94 valence electrons. The molecule has 3 amide bonds. The maximum absolute atomic E-state index is 11.5. The van der Waals surface area contributed by atoms with Gasteiger partial charge in [0.25, 0.3) is 0 Å². The van der Waals surface area contributed by atoms with Gasteiger partial charge in [0, 0.05) is 17.5 Å². The lowest BCUT2D eigenvalue weighted by molar-refractivity contribution is 0.100. The van der Waals surface area contributed by atoms with Gasteiger partial charge in [0.05, 0.1) is 0 Å². The molecular formula is C13H15N3O2. The van der Waals surface area contributed by atoms with Gasteiger partial charge in [-0.05, 0) is 43.0 Å². The molecule has 5 nitrogen and oxygen atoms in total. The number of nitrogens with two attached hydrogens (primary N) is 1. The molecule has 18 heavy (non-hydrogen) atoms. The van der Waals surface area contributed by atoms with Crippen molar-refractivity contribution in [1.82, 2.24) is 5.32 Å². The number of primary amides is 1. The minimum atomic E-state index is -0.488. The molecule has 2 rings (SSSR count). The minimum absolute atomic E-state index is 0.307. The van der Waals surface area contributed by atoms with Gasteiger partial charge >= 0.3 is 6.03 Å². The van der Waals surface area contributed by atoms with Crippen molar-refractivity contribution >= 4 is 17.6 Å². The average molecular weight is 245 g/mol. The first-order valence-corrected chi connectivity index (χ1v) is 5.79. The summed E-state index contributed by atoms with van der Waals surface area (Å²) in [5.41, 5.74) is 6.14. The second kappa shape index (κ2) is 5.35. The minimum Gasteiger partial charge on any atom is -0.366 e. The summed E-state index contributed by atoms with van der Waals surface area (Å²) in [6, 6.07) is 6.09. The number of urea groups is 1. The summed E-state index contributed by atoms with van der Waals surface area (Å²) in [4.78, 5) is 22.3. The van der Waals surface area contributed by atoms with Crippen molar-refractivity contribution in [3.05, 3.63) is 42.1 Å². The smallest absolute Gasteiger partial charge is 0.323 e. The van der Waals surface area contributed by atoms with Crippen molar-refractivity contribution in [2.75, 3.05) is 5.32 Å². The SMILES string of the molecule is NC(=O)c1ccc(NC(=O)N/C=C/C2CC2)cc1. The van der Waals surface area contributed by atoms with E-state index in [0.29, 0.717) is 17.2 Å². The number of anilines is 1. The standard InChI is InChI=1S/C13H15N3O2/c14-12(17)10-3-5-11(6-4-10)16-13(18)15-8-7-9-1-2-9/h3-9H,1-2H2,(H2,14,17)(H2,15,16,18)/b8-7+. The summed E-state index contributed by atoms with van der Waals surface area (Å²) in [5, 5.41) is 5.27. The normalized spacial score (nSPS) is 14.4. The van der Waals surface area contributed by atoms with Crippen LogP contribution in [0.15, 0.2) is 36.5 Å². The molecule has 5 heteroatoms. The molecule has 1 fully saturated rings. The van der Waals surface area contributed by atoms with Crippen molar-refractivity contribution in [3.8, 4) is 0 Å². The molecule has 0 radical (unpaired) electrons. The highest BCUT2D eigenvalue weighted by molar-refractivity contribution is 5.94. The van der Waals surface area contributed by atoms with E-state index in [9.17, 15) is 9.59 Å². The lowest BCUT2D eigenvalue weighted by atomic mass is 10.2. The van der Waals surface area contributed by atoms with E-state index >= 15 is 0 Å². The highest BCUT2D eigenvalue weighted by atomic mass is 16.2. The molecule has 4 N–H and O–H groups in total. The predicted octanol–water partition coefficient (Wildman–Crippen LogP) is 1.83.